The highest BCUT2D eigenvalue weighted by atomic mass is 19.3. The van der Waals surface area contributed by atoms with E-state index in [1.807, 2.05) is 35.2 Å². The van der Waals surface area contributed by atoms with E-state index in [-0.39, 0.29) is 52.5 Å². The molecule has 75 heavy (non-hydrogen) atoms. The molecule has 2 amide bonds. The number of benzene rings is 3. The van der Waals surface area contributed by atoms with Crippen molar-refractivity contribution in [2.45, 2.75) is 149 Å². The molecule has 5 aromatic rings. The van der Waals surface area contributed by atoms with Gasteiger partial charge in [0.1, 0.15) is 29.4 Å². The molecule has 1 spiro atoms. The van der Waals surface area contributed by atoms with Crippen LogP contribution in [0.2, 0.25) is 0 Å². The fourth-order valence-electron chi connectivity index (χ4n) is 14.4. The number of alkyl halides is 2. The van der Waals surface area contributed by atoms with Crippen LogP contribution in [-0.2, 0) is 31.2 Å². The average Bonchev–Trinajstić information content (AvgIpc) is 4.03. The van der Waals surface area contributed by atoms with Crippen molar-refractivity contribution in [1.29, 1.82) is 5.26 Å². The van der Waals surface area contributed by atoms with Crippen LogP contribution in [0.5, 0.6) is 17.2 Å². The molecular weight excluding hydrogens is 953 g/mol. The van der Waals surface area contributed by atoms with Crippen LogP contribution in [0.4, 0.5) is 20.3 Å². The van der Waals surface area contributed by atoms with Gasteiger partial charge in [-0.3, -0.25) is 19.0 Å². The Balaban J connectivity index is 0.677. The molecule has 3 aliphatic carbocycles. The van der Waals surface area contributed by atoms with Gasteiger partial charge in [0.05, 0.1) is 37.6 Å². The number of halogens is 2. The third kappa shape index (κ3) is 9.31. The van der Waals surface area contributed by atoms with E-state index in [9.17, 15) is 23.6 Å². The van der Waals surface area contributed by atoms with Gasteiger partial charge in [-0.05, 0) is 142 Å². The molecule has 1 N–H and O–H groups in total. The largest absolute Gasteiger partial charge is 0.495 e. The second kappa shape index (κ2) is 19.6. The number of piperidine rings is 1. The highest BCUT2D eigenvalue weighted by Crippen LogP contribution is 2.56. The predicted octanol–water partition coefficient (Wildman–Crippen LogP) is 10.5. The molecule has 5 heterocycles. The van der Waals surface area contributed by atoms with Crippen LogP contribution < -0.4 is 24.4 Å². The van der Waals surface area contributed by atoms with E-state index in [4.69, 9.17) is 19.3 Å². The molecule has 0 unspecified atom stereocenters. The second-order valence-electron chi connectivity index (χ2n) is 23.6. The lowest BCUT2D eigenvalue weighted by Gasteiger charge is -2.63. The summed E-state index contributed by atoms with van der Waals surface area (Å²) in [7, 11) is 3.33. The number of nitrogens with zero attached hydrogens (tertiary/aromatic N) is 8. The van der Waals surface area contributed by atoms with Gasteiger partial charge < -0.3 is 34.2 Å². The van der Waals surface area contributed by atoms with Crippen molar-refractivity contribution in [1.82, 2.24) is 34.7 Å². The maximum Gasteiger partial charge on any atom is 0.264 e. The van der Waals surface area contributed by atoms with E-state index < -0.39 is 6.43 Å². The summed E-state index contributed by atoms with van der Waals surface area (Å²) in [5.74, 6) is 2.59. The quantitative estimate of drug-likeness (QED) is 0.128. The first-order valence-corrected chi connectivity index (χ1v) is 27.1. The Morgan fingerprint density at radius 2 is 1.59 bits per heavy atom. The molecule has 4 fully saturated rings. The van der Waals surface area contributed by atoms with E-state index in [0.717, 1.165) is 99.3 Å². The van der Waals surface area contributed by atoms with Gasteiger partial charge in [0, 0.05) is 102 Å². The first-order chi connectivity index (χ1) is 35.9. The second-order valence-corrected chi connectivity index (χ2v) is 23.6. The molecule has 6 aliphatic rings. The monoisotopic (exact) mass is 1020 g/mol. The Bertz CT molecular complexity index is 2990. The maximum atomic E-state index is 14.8. The summed E-state index contributed by atoms with van der Waals surface area (Å²) >= 11 is 0. The number of aromatic nitrogens is 4. The Kier molecular flexibility index (Phi) is 13.2. The lowest BCUT2D eigenvalue weighted by molar-refractivity contribution is -0.164. The molecule has 0 radical (unpaired) electrons. The number of anilines is 2. The van der Waals surface area contributed by atoms with Gasteiger partial charge in [0.2, 0.25) is 5.91 Å². The minimum atomic E-state index is -2.65. The zero-order valence-corrected chi connectivity index (χ0v) is 44.5. The Hall–Kier alpha value is -6.47. The Morgan fingerprint density at radius 3 is 2.24 bits per heavy atom. The lowest BCUT2D eigenvalue weighted by atomic mass is 9.49. The van der Waals surface area contributed by atoms with Crippen molar-refractivity contribution < 1.29 is 32.6 Å². The van der Waals surface area contributed by atoms with Gasteiger partial charge in [-0.15, -0.1) is 0 Å². The van der Waals surface area contributed by atoms with Crippen molar-refractivity contribution >= 4 is 23.3 Å². The number of amides is 2. The molecule has 11 rings (SSSR count). The van der Waals surface area contributed by atoms with Crippen molar-refractivity contribution in [2.24, 2.45) is 23.3 Å². The standard InChI is InChI=1S/C59H71F2N9O5/c1-36(71)68-24-20-49-48(35-68)53(69-23-8-9-38-27-46(40-33-63-66(6)34-40)47(52(60)61)29-50(38)69)65-70(49)42-15-13-41(14-16-42)67-25-21-59(22-26-67)30-45(31-59)74-43-17-10-37(11-18-43)54(72)64-55-57(2,3)56(58(55,4)5)75-44-19-12-39(32-62)51(28-44)73-7/h10-12,17-19,27-29,33-34,41-42,45,52,55-56H,8-9,13-16,20-26,30-31,35H2,1-7H3,(H,64,72). The van der Waals surface area contributed by atoms with E-state index in [2.05, 4.69) is 58.7 Å². The highest BCUT2D eigenvalue weighted by Gasteiger charge is 2.64. The maximum absolute atomic E-state index is 14.8. The minimum Gasteiger partial charge on any atom is -0.495 e. The van der Waals surface area contributed by atoms with Gasteiger partial charge >= 0.3 is 0 Å². The van der Waals surface area contributed by atoms with Crippen LogP contribution in [0.1, 0.15) is 143 Å². The van der Waals surface area contributed by atoms with Crippen LogP contribution in [0.25, 0.3) is 11.1 Å². The zero-order valence-electron chi connectivity index (χ0n) is 44.5. The fraction of sp³-hybridized carbons (Fsp3) is 0.542. The summed E-state index contributed by atoms with van der Waals surface area (Å²) in [4.78, 5) is 33.1. The van der Waals surface area contributed by atoms with Crippen LogP contribution in [0, 0.1) is 27.6 Å². The minimum absolute atomic E-state index is 0.00400. The zero-order chi connectivity index (χ0) is 52.6. The molecule has 396 valence electrons. The van der Waals surface area contributed by atoms with Crippen molar-refractivity contribution in [3.8, 4) is 34.4 Å². The van der Waals surface area contributed by atoms with E-state index >= 15 is 0 Å². The number of likely N-dealkylation sites (tertiary alicyclic amines) is 1. The molecular formula is C59H71F2N9O5. The summed E-state index contributed by atoms with van der Waals surface area (Å²) < 4.78 is 51.9. The molecule has 16 heteroatoms. The molecule has 3 aromatic carbocycles. The molecule has 14 nitrogen and oxygen atoms in total. The summed E-state index contributed by atoms with van der Waals surface area (Å²) in [5, 5.41) is 22.4. The molecule has 0 bridgehead atoms. The predicted molar refractivity (Wildman–Crippen MR) is 282 cm³/mol. The Labute approximate surface area is 439 Å². The third-order valence-electron chi connectivity index (χ3n) is 18.2. The van der Waals surface area contributed by atoms with Crippen LogP contribution in [0.3, 0.4) is 0 Å². The highest BCUT2D eigenvalue weighted by molar-refractivity contribution is 5.94. The number of hydrogen-bond acceptors (Lipinski definition) is 10. The van der Waals surface area contributed by atoms with Crippen LogP contribution in [0.15, 0.2) is 67.0 Å². The topological polar surface area (TPSA) is 143 Å². The van der Waals surface area contributed by atoms with E-state index in [1.165, 1.54) is 25.6 Å². The molecule has 3 saturated carbocycles. The number of fused-ring (bicyclic) bond motifs is 2. The van der Waals surface area contributed by atoms with E-state index in [1.54, 1.807) is 55.3 Å². The Morgan fingerprint density at radius 1 is 0.880 bits per heavy atom. The van der Waals surface area contributed by atoms with E-state index in [0.29, 0.717) is 64.8 Å². The van der Waals surface area contributed by atoms with Crippen molar-refractivity contribution in [3.63, 3.8) is 0 Å². The lowest BCUT2D eigenvalue weighted by Crippen LogP contribution is -2.74. The average molecular weight is 1020 g/mol. The molecule has 2 aromatic heterocycles. The summed E-state index contributed by atoms with van der Waals surface area (Å²) in [5.41, 5.74) is 5.88. The fourth-order valence-corrected chi connectivity index (χ4v) is 14.4. The van der Waals surface area contributed by atoms with Gasteiger partial charge in [-0.1, -0.05) is 27.7 Å². The summed E-state index contributed by atoms with van der Waals surface area (Å²) in [6.45, 7) is 14.0. The summed E-state index contributed by atoms with van der Waals surface area (Å²) in [6, 6.07) is 19.2. The number of aryl methyl sites for hydroxylation is 2. The molecule has 1 saturated heterocycles. The van der Waals surface area contributed by atoms with Crippen LogP contribution in [-0.4, -0.2) is 98.8 Å². The number of nitrogens with one attached hydrogen (secondary N) is 1. The number of rotatable bonds is 12. The number of carbonyl (C=O) groups excluding carboxylic acids is 2. The van der Waals surface area contributed by atoms with Crippen molar-refractivity contribution in [2.75, 3.05) is 38.2 Å². The normalized spacial score (nSPS) is 23.9. The molecule has 0 atom stereocenters. The first kappa shape index (κ1) is 50.7. The first-order valence-electron chi connectivity index (χ1n) is 27.1. The summed E-state index contributed by atoms with van der Waals surface area (Å²) in [6.07, 6.45) is 11.8. The SMILES string of the molecule is COc1cc(OC2C(C)(C)C(NC(=O)c3ccc(OC4CC5(CCN(C6CCC(n7nc(N8CCCc9cc(-c%10cnn(C)c%10)c(C(F)F)cc98)c8c7CCN(C(C)=O)C8)CC6)CC5)C4)cc3)C2(C)C)ccc1C#N. The van der Waals surface area contributed by atoms with Gasteiger partial charge in [-0.2, -0.15) is 15.5 Å². The number of ether oxygens (including phenoxy) is 3. The third-order valence-corrected chi connectivity index (χ3v) is 18.2. The number of methoxy groups -OCH3 is 1. The van der Waals surface area contributed by atoms with Gasteiger partial charge in [0.25, 0.3) is 12.3 Å². The number of hydrogen-bond donors (Lipinski definition) is 1. The molecule has 3 aliphatic heterocycles. The van der Waals surface area contributed by atoms with Crippen molar-refractivity contribution in [3.05, 3.63) is 101 Å². The van der Waals surface area contributed by atoms with Gasteiger partial charge in [-0.25, -0.2) is 8.78 Å². The van der Waals surface area contributed by atoms with Crippen LogP contribution >= 0.6 is 0 Å². The number of carbonyl (C=O) groups is 2. The van der Waals surface area contributed by atoms with Gasteiger partial charge in [0.15, 0.2) is 5.82 Å². The number of nitriles is 1. The smallest absolute Gasteiger partial charge is 0.264 e.